The van der Waals surface area contributed by atoms with Gasteiger partial charge in [0, 0.05) is 24.6 Å². The molecule has 1 saturated heterocycles. The number of nitrogens with one attached hydrogen (secondary N) is 1. The third-order valence-corrected chi connectivity index (χ3v) is 5.08. The molecule has 0 unspecified atom stereocenters. The average molecular weight is 380 g/mol. The van der Waals surface area contributed by atoms with Gasteiger partial charge in [-0.1, -0.05) is 36.4 Å². The number of hydrazone groups is 1. The van der Waals surface area contributed by atoms with Crippen LogP contribution in [-0.4, -0.2) is 35.0 Å². The van der Waals surface area contributed by atoms with Gasteiger partial charge in [0.25, 0.3) is 5.69 Å². The zero-order valence-corrected chi connectivity index (χ0v) is 15.9. The topological polar surface area (TPSA) is 87.8 Å². The van der Waals surface area contributed by atoms with Gasteiger partial charge in [0.15, 0.2) is 0 Å². The number of aryl methyl sites for hydroxylation is 1. The highest BCUT2D eigenvalue weighted by molar-refractivity contribution is 5.84. The summed E-state index contributed by atoms with van der Waals surface area (Å²) in [6, 6.07) is 14.5. The molecule has 0 bridgehead atoms. The van der Waals surface area contributed by atoms with E-state index in [1.54, 1.807) is 18.3 Å². The van der Waals surface area contributed by atoms with Gasteiger partial charge in [0.2, 0.25) is 5.91 Å². The monoisotopic (exact) mass is 380 g/mol. The molecular weight excluding hydrogens is 356 g/mol. The number of nitrogens with zero attached hydrogens (tertiary/aromatic N) is 3. The number of hydrogen-bond acceptors (Lipinski definition) is 5. The number of benzene rings is 2. The molecule has 1 aliphatic heterocycles. The van der Waals surface area contributed by atoms with E-state index in [2.05, 4.69) is 15.4 Å². The van der Waals surface area contributed by atoms with Crippen LogP contribution in [0.1, 0.15) is 29.5 Å². The van der Waals surface area contributed by atoms with Gasteiger partial charge in [0.05, 0.1) is 11.1 Å². The van der Waals surface area contributed by atoms with Crippen LogP contribution < -0.4 is 5.43 Å². The average Bonchev–Trinajstić information content (AvgIpc) is 2.70. The van der Waals surface area contributed by atoms with Crippen molar-refractivity contribution >= 4 is 17.8 Å². The molecule has 0 saturated carbocycles. The van der Waals surface area contributed by atoms with Gasteiger partial charge in [-0.05, 0) is 49.5 Å². The predicted molar refractivity (Wildman–Crippen MR) is 108 cm³/mol. The molecule has 0 radical (unpaired) electrons. The van der Waals surface area contributed by atoms with E-state index < -0.39 is 4.92 Å². The van der Waals surface area contributed by atoms with E-state index in [9.17, 15) is 14.9 Å². The molecule has 0 aromatic heterocycles. The Morgan fingerprint density at radius 2 is 1.89 bits per heavy atom. The summed E-state index contributed by atoms with van der Waals surface area (Å²) in [6.07, 6.45) is 3.23. The minimum atomic E-state index is -0.393. The first-order chi connectivity index (χ1) is 13.5. The maximum atomic E-state index is 12.3. The molecular formula is C21H24N4O3. The smallest absolute Gasteiger partial charge is 0.269 e. The van der Waals surface area contributed by atoms with Crippen LogP contribution in [0, 0.1) is 23.0 Å². The Balaban J connectivity index is 1.45. The molecule has 1 aliphatic rings. The van der Waals surface area contributed by atoms with Gasteiger partial charge in [-0.3, -0.25) is 19.8 Å². The summed E-state index contributed by atoms with van der Waals surface area (Å²) < 4.78 is 0. The number of nitro benzene ring substituents is 1. The van der Waals surface area contributed by atoms with Crippen LogP contribution in [0.3, 0.4) is 0 Å². The van der Waals surface area contributed by atoms with Crippen molar-refractivity contribution in [2.75, 3.05) is 13.1 Å². The highest BCUT2D eigenvalue weighted by Crippen LogP contribution is 2.20. The molecule has 1 fully saturated rings. The lowest BCUT2D eigenvalue weighted by Crippen LogP contribution is -2.39. The largest absolute Gasteiger partial charge is 0.299 e. The van der Waals surface area contributed by atoms with E-state index in [0.29, 0.717) is 0 Å². The van der Waals surface area contributed by atoms with Crippen molar-refractivity contribution in [2.24, 2.45) is 11.0 Å². The molecule has 146 valence electrons. The number of piperidine rings is 1. The Kier molecular flexibility index (Phi) is 6.49. The molecule has 1 heterocycles. The highest BCUT2D eigenvalue weighted by atomic mass is 16.6. The fourth-order valence-electron chi connectivity index (χ4n) is 3.32. The first-order valence-electron chi connectivity index (χ1n) is 9.37. The zero-order valence-electron chi connectivity index (χ0n) is 15.9. The van der Waals surface area contributed by atoms with E-state index >= 15 is 0 Å². The third-order valence-electron chi connectivity index (χ3n) is 5.08. The van der Waals surface area contributed by atoms with Crippen molar-refractivity contribution in [3.05, 3.63) is 75.3 Å². The summed E-state index contributed by atoms with van der Waals surface area (Å²) in [6.45, 7) is 4.37. The molecule has 1 amide bonds. The Bertz CT molecular complexity index is 856. The van der Waals surface area contributed by atoms with Crippen molar-refractivity contribution in [1.29, 1.82) is 0 Å². The first kappa shape index (κ1) is 19.7. The Labute approximate surface area is 164 Å². The maximum absolute atomic E-state index is 12.3. The van der Waals surface area contributed by atoms with E-state index in [1.165, 1.54) is 12.1 Å². The molecule has 7 heteroatoms. The van der Waals surface area contributed by atoms with Gasteiger partial charge in [-0.15, -0.1) is 0 Å². The molecule has 2 aromatic rings. The normalized spacial score (nSPS) is 15.6. The minimum Gasteiger partial charge on any atom is -0.299 e. The second kappa shape index (κ2) is 9.23. The number of amides is 1. The van der Waals surface area contributed by atoms with Gasteiger partial charge < -0.3 is 0 Å². The number of carbonyl (C=O) groups is 1. The fourth-order valence-corrected chi connectivity index (χ4v) is 3.32. The van der Waals surface area contributed by atoms with E-state index in [-0.39, 0.29) is 17.5 Å². The molecule has 0 aliphatic carbocycles. The molecule has 3 rings (SSSR count). The van der Waals surface area contributed by atoms with Crippen molar-refractivity contribution < 1.29 is 9.72 Å². The second-order valence-electron chi connectivity index (χ2n) is 7.06. The molecule has 1 N–H and O–H groups in total. The first-order valence-corrected chi connectivity index (χ1v) is 9.37. The van der Waals surface area contributed by atoms with Crippen molar-refractivity contribution in [2.45, 2.75) is 26.3 Å². The highest BCUT2D eigenvalue weighted by Gasteiger charge is 2.24. The number of hydrogen-bond donors (Lipinski definition) is 1. The Hall–Kier alpha value is -3.06. The predicted octanol–water partition coefficient (Wildman–Crippen LogP) is 3.27. The molecule has 0 atom stereocenters. The van der Waals surface area contributed by atoms with Crippen LogP contribution in [0.25, 0.3) is 0 Å². The second-order valence-corrected chi connectivity index (χ2v) is 7.06. The summed E-state index contributed by atoms with van der Waals surface area (Å²) in [7, 11) is 0. The molecule has 2 aromatic carbocycles. The van der Waals surface area contributed by atoms with Gasteiger partial charge >= 0.3 is 0 Å². The Morgan fingerprint density at radius 1 is 1.21 bits per heavy atom. The van der Waals surface area contributed by atoms with Crippen LogP contribution in [0.2, 0.25) is 0 Å². The van der Waals surface area contributed by atoms with E-state index in [1.807, 2.05) is 31.2 Å². The van der Waals surface area contributed by atoms with Crippen LogP contribution in [0.4, 0.5) is 5.69 Å². The number of likely N-dealkylation sites (tertiary alicyclic amines) is 1. The summed E-state index contributed by atoms with van der Waals surface area (Å²) in [5.74, 6) is -0.0815. The maximum Gasteiger partial charge on any atom is 0.269 e. The number of carbonyl (C=O) groups excluding carboxylic acids is 1. The fraction of sp³-hybridized carbons (Fsp3) is 0.333. The standard InChI is InChI=1S/C21H24N4O3/c1-16-4-2-3-5-19(16)14-22-23-21(26)18-10-12-24(13-11-18)15-17-6-8-20(9-7-17)25(27)28/h2-9,14,18H,10-13,15H2,1H3,(H,23,26)/b22-14-. The third kappa shape index (κ3) is 5.23. The summed E-state index contributed by atoms with van der Waals surface area (Å²) >= 11 is 0. The minimum absolute atomic E-state index is 0.0397. The van der Waals surface area contributed by atoms with Crippen molar-refractivity contribution in [3.63, 3.8) is 0 Å². The summed E-state index contributed by atoms with van der Waals surface area (Å²) in [5, 5.41) is 14.8. The quantitative estimate of drug-likeness (QED) is 0.473. The molecule has 28 heavy (non-hydrogen) atoms. The zero-order chi connectivity index (χ0) is 19.9. The SMILES string of the molecule is Cc1ccccc1/C=N\NC(=O)C1CCN(Cc2ccc([N+](=O)[O-])cc2)CC1. The van der Waals surface area contributed by atoms with Gasteiger partial charge in [0.1, 0.15) is 0 Å². The Morgan fingerprint density at radius 3 is 2.54 bits per heavy atom. The number of nitro groups is 1. The van der Waals surface area contributed by atoms with Crippen molar-refractivity contribution in [3.8, 4) is 0 Å². The number of rotatable bonds is 6. The van der Waals surface area contributed by atoms with Crippen LogP contribution in [-0.2, 0) is 11.3 Å². The summed E-state index contributed by atoms with van der Waals surface area (Å²) in [5.41, 5.74) is 5.90. The van der Waals surface area contributed by atoms with E-state index in [0.717, 1.165) is 49.2 Å². The van der Waals surface area contributed by atoms with Crippen LogP contribution in [0.5, 0.6) is 0 Å². The number of non-ortho nitro benzene ring substituents is 1. The lowest BCUT2D eigenvalue weighted by Gasteiger charge is -2.30. The molecule has 7 nitrogen and oxygen atoms in total. The lowest BCUT2D eigenvalue weighted by atomic mass is 9.96. The van der Waals surface area contributed by atoms with Crippen molar-refractivity contribution in [1.82, 2.24) is 10.3 Å². The molecule has 0 spiro atoms. The van der Waals surface area contributed by atoms with Gasteiger partial charge in [-0.25, -0.2) is 5.43 Å². The lowest BCUT2D eigenvalue weighted by molar-refractivity contribution is -0.384. The van der Waals surface area contributed by atoms with Crippen LogP contribution in [0.15, 0.2) is 53.6 Å². The van der Waals surface area contributed by atoms with E-state index in [4.69, 9.17) is 0 Å². The van der Waals surface area contributed by atoms with Gasteiger partial charge in [-0.2, -0.15) is 5.10 Å². The van der Waals surface area contributed by atoms with Crippen LogP contribution >= 0.6 is 0 Å². The summed E-state index contributed by atoms with van der Waals surface area (Å²) in [4.78, 5) is 24.9.